The number of nitrogens with one attached hydrogen (secondary N) is 1. The normalized spacial score (nSPS) is 25.1. The summed E-state index contributed by atoms with van der Waals surface area (Å²) in [7, 11) is -2.96. The van der Waals surface area contributed by atoms with Gasteiger partial charge in [-0.25, -0.2) is 13.4 Å². The summed E-state index contributed by atoms with van der Waals surface area (Å²) in [5.74, 6) is 0.151. The van der Waals surface area contributed by atoms with E-state index in [1.807, 2.05) is 0 Å². The van der Waals surface area contributed by atoms with Crippen LogP contribution < -0.4 is 0 Å². The van der Waals surface area contributed by atoms with Crippen LogP contribution in [0.25, 0.3) is 0 Å². The number of thioether (sulfide) groups is 1. The van der Waals surface area contributed by atoms with Crippen molar-refractivity contribution in [2.24, 2.45) is 0 Å². The van der Waals surface area contributed by atoms with Crippen LogP contribution in [0, 0.1) is 0 Å². The second-order valence-electron chi connectivity index (χ2n) is 2.60. The second-order valence-corrected chi connectivity index (χ2v) is 5.76. The Balaban J connectivity index is 2.04. The van der Waals surface area contributed by atoms with E-state index in [1.165, 1.54) is 23.5 Å². The van der Waals surface area contributed by atoms with Gasteiger partial charge >= 0.3 is 0 Å². The standard InChI is InChI=1S/C6H7N3O2S2/c10-13(11)2-1-5(3-13)12-6-7-4-8-9-6/h1-2,4-5H,3H2,(H,7,8,9). The molecule has 5 nitrogen and oxygen atoms in total. The van der Waals surface area contributed by atoms with E-state index >= 15 is 0 Å². The van der Waals surface area contributed by atoms with Gasteiger partial charge in [-0.05, 0) is 0 Å². The summed E-state index contributed by atoms with van der Waals surface area (Å²) in [6.45, 7) is 0. The Kier molecular flexibility index (Phi) is 2.12. The zero-order valence-electron chi connectivity index (χ0n) is 6.54. The molecule has 0 radical (unpaired) electrons. The summed E-state index contributed by atoms with van der Waals surface area (Å²) >= 11 is 1.37. The molecule has 0 amide bonds. The minimum Gasteiger partial charge on any atom is -0.254 e. The van der Waals surface area contributed by atoms with Crippen molar-refractivity contribution in [3.05, 3.63) is 17.8 Å². The summed E-state index contributed by atoms with van der Waals surface area (Å²) in [5.41, 5.74) is 0. The average Bonchev–Trinajstić information content (AvgIpc) is 2.61. The van der Waals surface area contributed by atoms with E-state index in [9.17, 15) is 8.42 Å². The molecule has 13 heavy (non-hydrogen) atoms. The summed E-state index contributed by atoms with van der Waals surface area (Å²) in [5, 5.41) is 8.19. The Labute approximate surface area is 79.6 Å². The van der Waals surface area contributed by atoms with E-state index in [0.717, 1.165) is 0 Å². The van der Waals surface area contributed by atoms with Crippen molar-refractivity contribution in [3.8, 4) is 0 Å². The molecule has 0 aromatic carbocycles. The lowest BCUT2D eigenvalue weighted by Gasteiger charge is -2.01. The molecule has 1 N–H and O–H groups in total. The minimum atomic E-state index is -2.96. The van der Waals surface area contributed by atoms with Crippen molar-refractivity contribution in [2.45, 2.75) is 10.4 Å². The molecule has 1 aliphatic heterocycles. The molecule has 1 atom stereocenters. The number of hydrogen-bond donors (Lipinski definition) is 1. The van der Waals surface area contributed by atoms with Crippen LogP contribution in [0.2, 0.25) is 0 Å². The van der Waals surface area contributed by atoms with Crippen LogP contribution in [0.3, 0.4) is 0 Å². The van der Waals surface area contributed by atoms with E-state index < -0.39 is 9.84 Å². The highest BCUT2D eigenvalue weighted by molar-refractivity contribution is 8.02. The van der Waals surface area contributed by atoms with Gasteiger partial charge in [0.15, 0.2) is 15.0 Å². The molecule has 0 aliphatic carbocycles. The van der Waals surface area contributed by atoms with Gasteiger partial charge in [-0.15, -0.1) is 0 Å². The Morgan fingerprint density at radius 3 is 3.00 bits per heavy atom. The topological polar surface area (TPSA) is 75.7 Å². The molecular weight excluding hydrogens is 210 g/mol. The predicted octanol–water partition coefficient (Wildman–Crippen LogP) is 0.207. The third kappa shape index (κ3) is 2.10. The smallest absolute Gasteiger partial charge is 0.183 e. The van der Waals surface area contributed by atoms with Gasteiger partial charge in [-0.3, -0.25) is 5.10 Å². The molecule has 2 heterocycles. The SMILES string of the molecule is O=S1(=O)C=CC(Sc2ncn[nH]2)C1. The molecule has 0 saturated heterocycles. The van der Waals surface area contributed by atoms with E-state index in [2.05, 4.69) is 15.2 Å². The molecule has 0 saturated carbocycles. The van der Waals surface area contributed by atoms with Crippen molar-refractivity contribution in [1.82, 2.24) is 15.2 Å². The molecule has 7 heteroatoms. The van der Waals surface area contributed by atoms with Gasteiger partial charge in [0.2, 0.25) is 0 Å². The van der Waals surface area contributed by atoms with Gasteiger partial charge < -0.3 is 0 Å². The lowest BCUT2D eigenvalue weighted by Crippen LogP contribution is -2.06. The maximum absolute atomic E-state index is 11.0. The average molecular weight is 217 g/mol. The molecule has 2 rings (SSSR count). The molecular formula is C6H7N3O2S2. The Hall–Kier alpha value is -0.820. The highest BCUT2D eigenvalue weighted by atomic mass is 32.2. The van der Waals surface area contributed by atoms with E-state index in [0.29, 0.717) is 5.16 Å². The third-order valence-electron chi connectivity index (χ3n) is 1.55. The highest BCUT2D eigenvalue weighted by Crippen LogP contribution is 2.25. The number of aromatic nitrogens is 3. The molecule has 1 unspecified atom stereocenters. The minimum absolute atomic E-state index is 0.0436. The first-order valence-electron chi connectivity index (χ1n) is 3.59. The summed E-state index contributed by atoms with van der Waals surface area (Å²) in [4.78, 5) is 3.90. The fourth-order valence-electron chi connectivity index (χ4n) is 1.02. The number of H-pyrrole nitrogens is 1. The lowest BCUT2D eigenvalue weighted by molar-refractivity contribution is 0.606. The Morgan fingerprint density at radius 1 is 1.62 bits per heavy atom. The van der Waals surface area contributed by atoms with Crippen molar-refractivity contribution < 1.29 is 8.42 Å². The van der Waals surface area contributed by atoms with Gasteiger partial charge in [0.05, 0.1) is 5.75 Å². The fraction of sp³-hybridized carbons (Fsp3) is 0.333. The van der Waals surface area contributed by atoms with E-state index in [-0.39, 0.29) is 11.0 Å². The number of nitrogens with zero attached hydrogens (tertiary/aromatic N) is 2. The van der Waals surface area contributed by atoms with Gasteiger partial charge in [-0.2, -0.15) is 5.10 Å². The maximum Gasteiger partial charge on any atom is 0.183 e. The van der Waals surface area contributed by atoms with Crippen LogP contribution in [-0.2, 0) is 9.84 Å². The van der Waals surface area contributed by atoms with Crippen LogP contribution in [0.4, 0.5) is 0 Å². The maximum atomic E-state index is 11.0. The van der Waals surface area contributed by atoms with Crippen LogP contribution in [-0.4, -0.2) is 34.6 Å². The quantitative estimate of drug-likeness (QED) is 0.766. The van der Waals surface area contributed by atoms with E-state index in [4.69, 9.17) is 0 Å². The number of sulfone groups is 1. The van der Waals surface area contributed by atoms with Gasteiger partial charge in [0, 0.05) is 10.7 Å². The van der Waals surface area contributed by atoms with Crippen LogP contribution in [0.5, 0.6) is 0 Å². The largest absolute Gasteiger partial charge is 0.254 e. The Bertz CT molecular complexity index is 409. The van der Waals surface area contributed by atoms with E-state index in [1.54, 1.807) is 6.08 Å². The fourth-order valence-corrected chi connectivity index (χ4v) is 3.72. The number of aromatic amines is 1. The highest BCUT2D eigenvalue weighted by Gasteiger charge is 2.23. The molecule has 1 aromatic heterocycles. The van der Waals surface area contributed by atoms with Crippen LogP contribution >= 0.6 is 11.8 Å². The summed E-state index contributed by atoms with van der Waals surface area (Å²) < 4.78 is 22.0. The zero-order chi connectivity index (χ0) is 9.31. The molecule has 0 spiro atoms. The number of rotatable bonds is 2. The lowest BCUT2D eigenvalue weighted by atomic mass is 10.5. The zero-order valence-corrected chi connectivity index (χ0v) is 8.18. The predicted molar refractivity (Wildman–Crippen MR) is 49.0 cm³/mol. The van der Waals surface area contributed by atoms with Gasteiger partial charge in [0.1, 0.15) is 6.33 Å². The molecule has 0 fully saturated rings. The first-order chi connectivity index (χ1) is 6.16. The third-order valence-corrected chi connectivity index (χ3v) is 4.21. The summed E-state index contributed by atoms with van der Waals surface area (Å²) in [6, 6.07) is 0. The first-order valence-corrected chi connectivity index (χ1v) is 6.18. The van der Waals surface area contributed by atoms with Gasteiger partial charge in [-0.1, -0.05) is 17.8 Å². The summed E-state index contributed by atoms with van der Waals surface area (Å²) in [6.07, 6.45) is 3.07. The Morgan fingerprint density at radius 2 is 2.46 bits per heavy atom. The van der Waals surface area contributed by atoms with Crippen molar-refractivity contribution in [2.75, 3.05) is 5.75 Å². The number of hydrogen-bond acceptors (Lipinski definition) is 5. The van der Waals surface area contributed by atoms with Crippen molar-refractivity contribution in [1.29, 1.82) is 0 Å². The molecule has 1 aromatic rings. The molecule has 1 aliphatic rings. The molecule has 70 valence electrons. The van der Waals surface area contributed by atoms with Crippen molar-refractivity contribution >= 4 is 21.6 Å². The van der Waals surface area contributed by atoms with Crippen molar-refractivity contribution in [3.63, 3.8) is 0 Å². The second kappa shape index (κ2) is 3.15. The molecule has 0 bridgehead atoms. The monoisotopic (exact) mass is 217 g/mol. The van der Waals surface area contributed by atoms with Crippen LogP contribution in [0.1, 0.15) is 0 Å². The van der Waals surface area contributed by atoms with Gasteiger partial charge in [0.25, 0.3) is 0 Å². The van der Waals surface area contributed by atoms with Crippen LogP contribution in [0.15, 0.2) is 23.0 Å². The first kappa shape index (κ1) is 8.76.